The van der Waals surface area contributed by atoms with Gasteiger partial charge in [0.25, 0.3) is 0 Å². The number of thiophene rings is 2. The highest BCUT2D eigenvalue weighted by Crippen LogP contribution is 2.59. The smallest absolute Gasteiger partial charge is 0.152 e. The first-order valence-electron chi connectivity index (χ1n) is 28.6. The Hall–Kier alpha value is -10.5. The van der Waals surface area contributed by atoms with Gasteiger partial charge in [-0.05, 0) is 159 Å². The molecule has 6 heteroatoms. The molecule has 0 saturated carbocycles. The molecule has 0 aliphatic carbocycles. The van der Waals surface area contributed by atoms with Crippen molar-refractivity contribution in [3.05, 3.63) is 255 Å². The lowest BCUT2D eigenvalue weighted by molar-refractivity contribution is 0.477. The Labute approximate surface area is 488 Å². The number of fused-ring (bicyclic) bond motifs is 27. The molecular weight excluding hydrogens is 1060 g/mol. The lowest BCUT2D eigenvalue weighted by atomic mass is 9.93. The van der Waals surface area contributed by atoms with E-state index in [1.54, 1.807) is 0 Å². The number of hydrogen-bond acceptors (Lipinski definition) is 6. The first kappa shape index (κ1) is 45.2. The van der Waals surface area contributed by atoms with Crippen molar-refractivity contribution >= 4 is 194 Å². The van der Waals surface area contributed by atoms with Gasteiger partial charge in [0.05, 0.1) is 34.1 Å². The molecule has 16 aromatic carbocycles. The number of rotatable bonds is 2. The topological polar surface area (TPSA) is 24.9 Å². The van der Waals surface area contributed by atoms with E-state index in [0.717, 1.165) is 67.9 Å². The van der Waals surface area contributed by atoms with Gasteiger partial charge < -0.3 is 19.3 Å². The summed E-state index contributed by atoms with van der Waals surface area (Å²) in [6.45, 7) is 0. The van der Waals surface area contributed by atoms with Gasteiger partial charge in [0.15, 0.2) is 23.0 Å². The summed E-state index contributed by atoms with van der Waals surface area (Å²) < 4.78 is 19.0. The average molecular weight is 1100 g/mol. The predicted octanol–water partition coefficient (Wildman–Crippen LogP) is 24.0. The molecule has 0 unspecified atom stereocenters. The minimum Gasteiger partial charge on any atom is -0.453 e. The third-order valence-electron chi connectivity index (χ3n) is 18.3. The van der Waals surface area contributed by atoms with E-state index in [9.17, 15) is 0 Å². The van der Waals surface area contributed by atoms with Gasteiger partial charge in [-0.3, -0.25) is 0 Å². The zero-order chi connectivity index (χ0) is 54.5. The van der Waals surface area contributed by atoms with Gasteiger partial charge in [-0.1, -0.05) is 182 Å². The summed E-state index contributed by atoms with van der Waals surface area (Å²) in [4.78, 5) is 4.91. The van der Waals surface area contributed by atoms with E-state index in [-0.39, 0.29) is 0 Å². The number of para-hydroxylation sites is 4. The molecule has 0 radical (unpaired) electrons. The summed E-state index contributed by atoms with van der Waals surface area (Å²) in [7, 11) is 0. The SMILES string of the molecule is c1ccc2c(c1)Oc1cc3c(cc1N2c1cc2c4ccccc4c(N4c5ccccc5Oc5cc6c(cc54)sc4ccc5c7ccc8ccccc8c7ccc5c46)cc2c2ccccc12)sc1ccc2c4ccc5ccccc5c4ccc2c13. The molecule has 2 aliphatic heterocycles. The van der Waals surface area contributed by atoms with Crippen molar-refractivity contribution in [2.24, 2.45) is 0 Å². The van der Waals surface area contributed by atoms with Crippen LogP contribution >= 0.6 is 22.7 Å². The maximum Gasteiger partial charge on any atom is 0.152 e. The second-order valence-corrected chi connectivity index (χ2v) is 24.8. The second kappa shape index (κ2) is 16.6. The van der Waals surface area contributed by atoms with Crippen LogP contribution in [0.2, 0.25) is 0 Å². The Morgan fingerprint density at radius 1 is 0.202 bits per heavy atom. The lowest BCUT2D eigenvalue weighted by Gasteiger charge is -2.35. The van der Waals surface area contributed by atoms with Gasteiger partial charge in [0, 0.05) is 51.1 Å². The molecule has 4 heterocycles. The highest BCUT2D eigenvalue weighted by molar-refractivity contribution is 7.26. The molecule has 2 aromatic heterocycles. The van der Waals surface area contributed by atoms with E-state index in [1.807, 2.05) is 22.7 Å². The summed E-state index contributed by atoms with van der Waals surface area (Å²) in [6, 6.07) is 94.3. The third-order valence-corrected chi connectivity index (χ3v) is 20.6. The van der Waals surface area contributed by atoms with E-state index < -0.39 is 0 Å². The molecule has 0 bridgehead atoms. The molecule has 84 heavy (non-hydrogen) atoms. The van der Waals surface area contributed by atoms with Crippen LogP contribution < -0.4 is 19.3 Å². The van der Waals surface area contributed by atoms with Gasteiger partial charge in [-0.25, -0.2) is 0 Å². The van der Waals surface area contributed by atoms with E-state index in [1.165, 1.54) is 127 Å². The number of benzene rings is 16. The number of ether oxygens (including phenoxy) is 2. The Morgan fingerprint density at radius 2 is 0.548 bits per heavy atom. The summed E-state index contributed by atoms with van der Waals surface area (Å²) in [5.74, 6) is 3.32. The molecule has 20 rings (SSSR count). The van der Waals surface area contributed by atoms with Gasteiger partial charge in [0.1, 0.15) is 0 Å². The molecule has 0 N–H and O–H groups in total. The summed E-state index contributed by atoms with van der Waals surface area (Å²) in [5.41, 5.74) is 6.24. The highest BCUT2D eigenvalue weighted by Gasteiger charge is 2.32. The maximum absolute atomic E-state index is 7.04. The quantitative estimate of drug-likeness (QED) is 0.161. The summed E-state index contributed by atoms with van der Waals surface area (Å²) in [6.07, 6.45) is 0. The Kier molecular flexibility index (Phi) is 8.91. The van der Waals surface area contributed by atoms with Crippen LogP contribution in [-0.2, 0) is 0 Å². The molecule has 4 nitrogen and oxygen atoms in total. The van der Waals surface area contributed by atoms with E-state index in [0.29, 0.717) is 0 Å². The van der Waals surface area contributed by atoms with E-state index in [4.69, 9.17) is 9.47 Å². The van der Waals surface area contributed by atoms with Gasteiger partial charge in [0.2, 0.25) is 0 Å². The van der Waals surface area contributed by atoms with Crippen molar-refractivity contribution in [2.45, 2.75) is 0 Å². The predicted molar refractivity (Wildman–Crippen MR) is 359 cm³/mol. The van der Waals surface area contributed by atoms with Gasteiger partial charge >= 0.3 is 0 Å². The average Bonchev–Trinajstić information content (AvgIpc) is 2.07. The van der Waals surface area contributed by atoms with Crippen LogP contribution in [0, 0.1) is 0 Å². The van der Waals surface area contributed by atoms with E-state index >= 15 is 0 Å². The first-order valence-corrected chi connectivity index (χ1v) is 30.2. The molecule has 18 aromatic rings. The first-order chi connectivity index (χ1) is 41.6. The van der Waals surface area contributed by atoms with Gasteiger partial charge in [-0.15, -0.1) is 22.7 Å². The van der Waals surface area contributed by atoms with Crippen LogP contribution in [0.25, 0.3) is 137 Å². The Morgan fingerprint density at radius 3 is 1.02 bits per heavy atom. The third kappa shape index (κ3) is 6.09. The normalized spacial score (nSPS) is 13.1. The van der Waals surface area contributed by atoms with Crippen LogP contribution in [-0.4, -0.2) is 0 Å². The van der Waals surface area contributed by atoms with E-state index in [2.05, 4.69) is 265 Å². The zero-order valence-electron chi connectivity index (χ0n) is 44.8. The number of hydrogen-bond donors (Lipinski definition) is 0. The maximum atomic E-state index is 7.04. The van der Waals surface area contributed by atoms with Crippen molar-refractivity contribution in [1.82, 2.24) is 0 Å². The van der Waals surface area contributed by atoms with Crippen molar-refractivity contribution in [1.29, 1.82) is 0 Å². The highest BCUT2D eigenvalue weighted by atomic mass is 32.1. The van der Waals surface area contributed by atoms with Crippen LogP contribution in [0.5, 0.6) is 23.0 Å². The largest absolute Gasteiger partial charge is 0.453 e. The fourth-order valence-corrected chi connectivity index (χ4v) is 16.9. The van der Waals surface area contributed by atoms with Crippen LogP contribution in [0.4, 0.5) is 34.1 Å². The molecule has 0 fully saturated rings. The minimum absolute atomic E-state index is 0.823. The Bertz CT molecular complexity index is 5670. The molecule has 2 aliphatic rings. The molecule has 0 amide bonds. The van der Waals surface area contributed by atoms with Crippen LogP contribution in [0.3, 0.4) is 0 Å². The fraction of sp³-hybridized carbons (Fsp3) is 0. The molecule has 0 saturated heterocycles. The molecular formula is C78H42N2O2S2. The number of anilines is 6. The fourth-order valence-electron chi connectivity index (χ4n) is 14.7. The molecule has 388 valence electrons. The monoisotopic (exact) mass is 1100 g/mol. The molecule has 0 atom stereocenters. The summed E-state index contributed by atoms with van der Waals surface area (Å²) >= 11 is 3.71. The van der Waals surface area contributed by atoms with Gasteiger partial charge in [-0.2, -0.15) is 0 Å². The zero-order valence-corrected chi connectivity index (χ0v) is 46.4. The molecule has 0 spiro atoms. The summed E-state index contributed by atoms with van der Waals surface area (Å²) in [5, 5.41) is 27.2. The van der Waals surface area contributed by atoms with Crippen molar-refractivity contribution in [2.75, 3.05) is 9.80 Å². The lowest BCUT2D eigenvalue weighted by Crippen LogP contribution is -2.17. The van der Waals surface area contributed by atoms with Crippen LogP contribution in [0.1, 0.15) is 0 Å². The Balaban J connectivity index is 0.786. The van der Waals surface area contributed by atoms with Crippen molar-refractivity contribution < 1.29 is 9.47 Å². The number of nitrogens with zero attached hydrogens (tertiary/aromatic N) is 2. The van der Waals surface area contributed by atoms with Crippen molar-refractivity contribution in [3.8, 4) is 23.0 Å². The second-order valence-electron chi connectivity index (χ2n) is 22.6. The standard InChI is InChI=1S/C78H42N2O2S2/c1-3-15-45-43(13-1)25-27-51-49(45)29-31-57-53(51)33-35-73-77(57)61-39-71-67(41-75(61)83-73)79(63-21-9-11-23-69(63)81-71)65-37-59-48-18-6-8-20-56(48)66(38-60(59)47-17-5-7-19-55(47)65)80-64-22-10-12-24-70(64)82-72-40-62-76(42-68(72)80)84-74-36-34-54-52-28-26-44-14-2-4-16-46(44)50(52)30-32-58(54)78(62)74/h1-42H. The van der Waals surface area contributed by atoms with Crippen LogP contribution in [0.15, 0.2) is 255 Å². The minimum atomic E-state index is 0.823. The van der Waals surface area contributed by atoms with Crippen molar-refractivity contribution in [3.63, 3.8) is 0 Å².